The van der Waals surface area contributed by atoms with Crippen LogP contribution in [-0.2, 0) is 6.54 Å². The minimum Gasteiger partial charge on any atom is -0.390 e. The van der Waals surface area contributed by atoms with Gasteiger partial charge in [-0.1, -0.05) is 6.07 Å². The number of aliphatic hydroxyl groups excluding tert-OH is 1. The number of rotatable bonds is 6. The molecule has 0 fully saturated rings. The highest BCUT2D eigenvalue weighted by Gasteiger charge is 2.04. The number of nitrogens with one attached hydrogen (secondary N) is 1. The lowest BCUT2D eigenvalue weighted by atomic mass is 10.2. The Kier molecular flexibility index (Phi) is 5.38. The second-order valence-electron chi connectivity index (χ2n) is 4.35. The van der Waals surface area contributed by atoms with Crippen LogP contribution in [0.1, 0.15) is 11.3 Å². The molecule has 16 heavy (non-hydrogen) atoms. The molecule has 0 radical (unpaired) electrons. The van der Waals surface area contributed by atoms with Crippen LogP contribution in [0.3, 0.4) is 0 Å². The molecule has 1 unspecified atom stereocenters. The maximum atomic E-state index is 9.62. The van der Waals surface area contributed by atoms with Gasteiger partial charge in [0.1, 0.15) is 0 Å². The van der Waals surface area contributed by atoms with Crippen LogP contribution < -0.4 is 5.32 Å². The molecule has 1 aromatic heterocycles. The first kappa shape index (κ1) is 13.1. The number of aromatic nitrogens is 1. The Hall–Kier alpha value is -0.970. The summed E-state index contributed by atoms with van der Waals surface area (Å²) in [5, 5.41) is 12.8. The topological polar surface area (TPSA) is 48.4 Å². The van der Waals surface area contributed by atoms with Crippen molar-refractivity contribution in [2.75, 3.05) is 27.2 Å². The van der Waals surface area contributed by atoms with Crippen LogP contribution in [0, 0.1) is 6.92 Å². The van der Waals surface area contributed by atoms with Crippen molar-refractivity contribution in [1.29, 1.82) is 0 Å². The van der Waals surface area contributed by atoms with Crippen LogP contribution in [0.2, 0.25) is 0 Å². The number of hydrogen-bond acceptors (Lipinski definition) is 4. The Balaban J connectivity index is 2.22. The molecular weight excluding hydrogens is 202 g/mol. The molecule has 0 aliphatic rings. The second kappa shape index (κ2) is 6.58. The minimum absolute atomic E-state index is 0.326. The first-order valence-electron chi connectivity index (χ1n) is 5.53. The molecule has 0 aromatic carbocycles. The van der Waals surface area contributed by atoms with Gasteiger partial charge in [0.2, 0.25) is 0 Å². The number of pyridine rings is 1. The van der Waals surface area contributed by atoms with Gasteiger partial charge in [-0.15, -0.1) is 0 Å². The van der Waals surface area contributed by atoms with E-state index in [9.17, 15) is 5.11 Å². The normalized spacial score (nSPS) is 13.1. The molecule has 0 amide bonds. The summed E-state index contributed by atoms with van der Waals surface area (Å²) in [7, 11) is 3.90. The lowest BCUT2D eigenvalue weighted by Crippen LogP contribution is -2.34. The third kappa shape index (κ3) is 5.21. The van der Waals surface area contributed by atoms with E-state index in [1.165, 1.54) is 0 Å². The number of nitrogens with zero attached hydrogens (tertiary/aromatic N) is 2. The van der Waals surface area contributed by atoms with E-state index in [1.807, 2.05) is 44.2 Å². The molecule has 90 valence electrons. The van der Waals surface area contributed by atoms with Gasteiger partial charge in [-0.2, -0.15) is 0 Å². The molecule has 2 N–H and O–H groups in total. The highest BCUT2D eigenvalue weighted by molar-refractivity contribution is 5.12. The molecule has 1 aromatic rings. The molecular formula is C12H21N3O. The Bertz CT molecular complexity index is 298. The molecule has 1 rings (SSSR count). The Morgan fingerprint density at radius 1 is 1.44 bits per heavy atom. The van der Waals surface area contributed by atoms with Crippen LogP contribution in [-0.4, -0.2) is 48.3 Å². The Morgan fingerprint density at radius 3 is 2.75 bits per heavy atom. The van der Waals surface area contributed by atoms with Gasteiger partial charge in [-0.3, -0.25) is 4.98 Å². The van der Waals surface area contributed by atoms with Crippen LogP contribution in [0.4, 0.5) is 0 Å². The van der Waals surface area contributed by atoms with E-state index in [4.69, 9.17) is 0 Å². The van der Waals surface area contributed by atoms with E-state index >= 15 is 0 Å². The lowest BCUT2D eigenvalue weighted by molar-refractivity contribution is 0.134. The SMILES string of the molecule is Cc1ccc(CNCC(O)CN(C)C)cn1. The molecule has 1 heterocycles. The van der Waals surface area contributed by atoms with Crippen LogP contribution in [0.15, 0.2) is 18.3 Å². The predicted molar refractivity (Wildman–Crippen MR) is 65.2 cm³/mol. The van der Waals surface area contributed by atoms with Crippen molar-refractivity contribution in [1.82, 2.24) is 15.2 Å². The van der Waals surface area contributed by atoms with Crippen molar-refractivity contribution in [3.63, 3.8) is 0 Å². The van der Waals surface area contributed by atoms with Crippen molar-refractivity contribution < 1.29 is 5.11 Å². The first-order valence-corrected chi connectivity index (χ1v) is 5.53. The summed E-state index contributed by atoms with van der Waals surface area (Å²) in [5.41, 5.74) is 2.17. The molecule has 4 heteroatoms. The maximum Gasteiger partial charge on any atom is 0.0791 e. The zero-order valence-electron chi connectivity index (χ0n) is 10.3. The summed E-state index contributed by atoms with van der Waals surface area (Å²) < 4.78 is 0. The van der Waals surface area contributed by atoms with E-state index in [-0.39, 0.29) is 6.10 Å². The average molecular weight is 223 g/mol. The number of aryl methyl sites for hydroxylation is 1. The van der Waals surface area contributed by atoms with Crippen LogP contribution >= 0.6 is 0 Å². The van der Waals surface area contributed by atoms with Gasteiger partial charge in [0.25, 0.3) is 0 Å². The first-order chi connectivity index (χ1) is 7.58. The fraction of sp³-hybridized carbons (Fsp3) is 0.583. The average Bonchev–Trinajstić information content (AvgIpc) is 2.20. The quantitative estimate of drug-likeness (QED) is 0.733. The molecule has 0 aliphatic carbocycles. The monoisotopic (exact) mass is 223 g/mol. The highest BCUT2D eigenvalue weighted by Crippen LogP contribution is 1.98. The molecule has 0 saturated carbocycles. The fourth-order valence-electron chi connectivity index (χ4n) is 1.47. The van der Waals surface area contributed by atoms with Crippen molar-refractivity contribution in [3.05, 3.63) is 29.6 Å². The second-order valence-corrected chi connectivity index (χ2v) is 4.35. The fourth-order valence-corrected chi connectivity index (χ4v) is 1.47. The van der Waals surface area contributed by atoms with Crippen LogP contribution in [0.5, 0.6) is 0 Å². The van der Waals surface area contributed by atoms with Gasteiger partial charge in [0.15, 0.2) is 0 Å². The zero-order chi connectivity index (χ0) is 12.0. The molecule has 0 spiro atoms. The molecule has 0 saturated heterocycles. The molecule has 0 aliphatic heterocycles. The van der Waals surface area contributed by atoms with E-state index in [1.54, 1.807) is 0 Å². The van der Waals surface area contributed by atoms with Crippen molar-refractivity contribution in [2.45, 2.75) is 19.6 Å². The summed E-state index contributed by atoms with van der Waals surface area (Å²) in [4.78, 5) is 6.19. The van der Waals surface area contributed by atoms with Gasteiger partial charge in [0, 0.05) is 31.5 Å². The third-order valence-electron chi connectivity index (χ3n) is 2.26. The molecule has 0 bridgehead atoms. The number of aliphatic hydroxyl groups is 1. The largest absolute Gasteiger partial charge is 0.390 e. The van der Waals surface area contributed by atoms with Crippen molar-refractivity contribution in [3.8, 4) is 0 Å². The Morgan fingerprint density at radius 2 is 2.19 bits per heavy atom. The molecule has 1 atom stereocenters. The van der Waals surface area contributed by atoms with E-state index in [0.717, 1.165) is 17.8 Å². The van der Waals surface area contributed by atoms with E-state index in [2.05, 4.69) is 10.3 Å². The zero-order valence-corrected chi connectivity index (χ0v) is 10.3. The van der Waals surface area contributed by atoms with Crippen LogP contribution in [0.25, 0.3) is 0 Å². The van der Waals surface area contributed by atoms with Crippen molar-refractivity contribution >= 4 is 0 Å². The Labute approximate surface area is 97.3 Å². The standard InChI is InChI=1S/C12H21N3O/c1-10-4-5-11(7-14-10)6-13-8-12(16)9-15(2)3/h4-5,7,12-13,16H,6,8-9H2,1-3H3. The predicted octanol–water partition coefficient (Wildman–Crippen LogP) is 0.402. The van der Waals surface area contributed by atoms with Gasteiger partial charge < -0.3 is 15.3 Å². The van der Waals surface area contributed by atoms with Gasteiger partial charge in [-0.25, -0.2) is 0 Å². The van der Waals surface area contributed by atoms with Gasteiger partial charge in [0.05, 0.1) is 6.10 Å². The number of likely N-dealkylation sites (N-methyl/N-ethyl adjacent to an activating group) is 1. The summed E-state index contributed by atoms with van der Waals surface area (Å²) in [6, 6.07) is 4.04. The lowest BCUT2D eigenvalue weighted by Gasteiger charge is -2.16. The van der Waals surface area contributed by atoms with Crippen molar-refractivity contribution in [2.24, 2.45) is 0 Å². The van der Waals surface area contributed by atoms with Gasteiger partial charge in [-0.05, 0) is 32.6 Å². The smallest absolute Gasteiger partial charge is 0.0791 e. The molecule has 4 nitrogen and oxygen atoms in total. The highest BCUT2D eigenvalue weighted by atomic mass is 16.3. The summed E-state index contributed by atoms with van der Waals surface area (Å²) in [5.74, 6) is 0. The third-order valence-corrected chi connectivity index (χ3v) is 2.26. The summed E-state index contributed by atoms with van der Waals surface area (Å²) in [6.07, 6.45) is 1.54. The van der Waals surface area contributed by atoms with E-state index in [0.29, 0.717) is 13.1 Å². The van der Waals surface area contributed by atoms with E-state index < -0.39 is 0 Å². The summed E-state index contributed by atoms with van der Waals surface area (Å²) >= 11 is 0. The minimum atomic E-state index is -0.326. The maximum absolute atomic E-state index is 9.62. The van der Waals surface area contributed by atoms with Gasteiger partial charge >= 0.3 is 0 Å². The summed E-state index contributed by atoms with van der Waals surface area (Å²) in [6.45, 7) is 4.00. The number of hydrogen-bond donors (Lipinski definition) is 2.